The molecule has 0 saturated carbocycles. The van der Waals surface area contributed by atoms with Crippen molar-refractivity contribution in [2.24, 2.45) is 7.05 Å². The van der Waals surface area contributed by atoms with Crippen LogP contribution in [0.4, 0.5) is 5.69 Å². The topological polar surface area (TPSA) is 79.2 Å². The molecule has 6 heteroatoms. The van der Waals surface area contributed by atoms with Crippen LogP contribution in [0.15, 0.2) is 47.3 Å². The smallest absolute Gasteiger partial charge is 0.335 e. The first kappa shape index (κ1) is 15.9. The molecule has 124 valence electrons. The van der Waals surface area contributed by atoms with Gasteiger partial charge < -0.3 is 10.5 Å². The Morgan fingerprint density at radius 2 is 1.92 bits per heavy atom. The third-order valence-electron chi connectivity index (χ3n) is 4.13. The number of carbonyl (C=O) groups is 1. The maximum atomic E-state index is 12.6. The first-order valence-electron chi connectivity index (χ1n) is 7.65. The summed E-state index contributed by atoms with van der Waals surface area (Å²) >= 11 is 0. The molecule has 0 aliphatic heterocycles. The van der Waals surface area contributed by atoms with Crippen molar-refractivity contribution in [3.63, 3.8) is 0 Å². The molecule has 0 aliphatic rings. The fourth-order valence-electron chi connectivity index (χ4n) is 2.86. The van der Waals surface area contributed by atoms with Crippen molar-refractivity contribution in [2.45, 2.75) is 12.8 Å². The highest BCUT2D eigenvalue weighted by Crippen LogP contribution is 2.20. The van der Waals surface area contributed by atoms with E-state index in [0.29, 0.717) is 23.1 Å². The summed E-state index contributed by atoms with van der Waals surface area (Å²) in [6.45, 7) is 0. The van der Waals surface area contributed by atoms with Crippen molar-refractivity contribution in [2.75, 3.05) is 12.8 Å². The van der Waals surface area contributed by atoms with Crippen LogP contribution < -0.4 is 16.2 Å². The van der Waals surface area contributed by atoms with Gasteiger partial charge in [0.05, 0.1) is 18.1 Å². The summed E-state index contributed by atoms with van der Waals surface area (Å²) in [6, 6.07) is 12.6. The van der Waals surface area contributed by atoms with Crippen LogP contribution in [0.25, 0.3) is 11.0 Å². The number of hydrogen-bond acceptors (Lipinski definition) is 4. The van der Waals surface area contributed by atoms with Gasteiger partial charge in [0.25, 0.3) is 0 Å². The molecule has 0 saturated heterocycles. The number of ether oxygens (including phenoxy) is 1. The van der Waals surface area contributed by atoms with Crippen LogP contribution in [0.1, 0.15) is 16.8 Å². The van der Waals surface area contributed by atoms with E-state index in [1.54, 1.807) is 32.4 Å². The van der Waals surface area contributed by atoms with E-state index in [0.717, 1.165) is 11.3 Å². The summed E-state index contributed by atoms with van der Waals surface area (Å²) in [5, 5.41) is 0. The molecule has 0 unspecified atom stereocenters. The molecule has 3 aromatic rings. The van der Waals surface area contributed by atoms with Crippen molar-refractivity contribution in [1.82, 2.24) is 9.13 Å². The van der Waals surface area contributed by atoms with E-state index < -0.39 is 0 Å². The van der Waals surface area contributed by atoms with E-state index in [9.17, 15) is 9.59 Å². The Morgan fingerprint density at radius 3 is 2.67 bits per heavy atom. The van der Waals surface area contributed by atoms with Crippen LogP contribution in [0.5, 0.6) is 5.75 Å². The summed E-state index contributed by atoms with van der Waals surface area (Å²) in [6.07, 6.45) is 0.697. The number of benzene rings is 2. The lowest BCUT2D eigenvalue weighted by molar-refractivity contribution is 0.0903. The third kappa shape index (κ3) is 2.67. The minimum Gasteiger partial charge on any atom is -0.496 e. The average molecular weight is 325 g/mol. The van der Waals surface area contributed by atoms with Gasteiger partial charge in [-0.2, -0.15) is 0 Å². The van der Waals surface area contributed by atoms with Crippen molar-refractivity contribution in [3.8, 4) is 5.75 Å². The Labute approximate surface area is 139 Å². The van der Waals surface area contributed by atoms with Crippen LogP contribution in [0, 0.1) is 0 Å². The number of rotatable bonds is 4. The van der Waals surface area contributed by atoms with Crippen LogP contribution in [0.3, 0.4) is 0 Å². The largest absolute Gasteiger partial charge is 0.496 e. The number of fused-ring (bicyclic) bond motifs is 1. The SMILES string of the molecule is COc1ccccc1CCC(=O)n1c(=O)n(C)c2ccc(N)cc21. The van der Waals surface area contributed by atoms with Gasteiger partial charge in [0.15, 0.2) is 0 Å². The third-order valence-corrected chi connectivity index (χ3v) is 4.13. The number of carbonyl (C=O) groups excluding carboxylic acids is 1. The summed E-state index contributed by atoms with van der Waals surface area (Å²) in [5.74, 6) is 0.474. The van der Waals surface area contributed by atoms with Crippen LogP contribution >= 0.6 is 0 Å². The van der Waals surface area contributed by atoms with E-state index in [4.69, 9.17) is 10.5 Å². The predicted octanol–water partition coefficient (Wildman–Crippen LogP) is 2.20. The number of aryl methyl sites for hydroxylation is 2. The fourth-order valence-corrected chi connectivity index (χ4v) is 2.86. The molecule has 1 aromatic heterocycles. The number of nitrogens with two attached hydrogens (primary N) is 1. The number of nitrogens with zero attached hydrogens (tertiary/aromatic N) is 2. The summed E-state index contributed by atoms with van der Waals surface area (Å²) in [4.78, 5) is 25.1. The van der Waals surface area contributed by atoms with E-state index in [1.807, 2.05) is 24.3 Å². The fraction of sp³-hybridized carbons (Fsp3) is 0.222. The molecular formula is C18H19N3O3. The zero-order chi connectivity index (χ0) is 17.3. The molecule has 0 spiro atoms. The second kappa shape index (κ2) is 6.23. The predicted molar refractivity (Wildman–Crippen MR) is 93.5 cm³/mol. The number of methoxy groups -OCH3 is 1. The van der Waals surface area contributed by atoms with Crippen LogP contribution in [-0.4, -0.2) is 22.2 Å². The van der Waals surface area contributed by atoms with Crippen molar-refractivity contribution in [3.05, 3.63) is 58.5 Å². The first-order valence-corrected chi connectivity index (χ1v) is 7.65. The lowest BCUT2D eigenvalue weighted by Crippen LogP contribution is -2.28. The second-order valence-corrected chi connectivity index (χ2v) is 5.63. The Kier molecular flexibility index (Phi) is 4.12. The van der Waals surface area contributed by atoms with Gasteiger partial charge in [-0.15, -0.1) is 0 Å². The highest BCUT2D eigenvalue weighted by atomic mass is 16.5. The highest BCUT2D eigenvalue weighted by molar-refractivity contribution is 5.91. The van der Waals surface area contributed by atoms with Crippen LogP contribution in [0.2, 0.25) is 0 Å². The van der Waals surface area contributed by atoms with Gasteiger partial charge in [0, 0.05) is 19.2 Å². The highest BCUT2D eigenvalue weighted by Gasteiger charge is 2.17. The second-order valence-electron chi connectivity index (χ2n) is 5.63. The van der Waals surface area contributed by atoms with Gasteiger partial charge in [-0.25, -0.2) is 9.36 Å². The van der Waals surface area contributed by atoms with Gasteiger partial charge in [-0.1, -0.05) is 18.2 Å². The van der Waals surface area contributed by atoms with Crippen LogP contribution in [-0.2, 0) is 13.5 Å². The number of imidazole rings is 1. The Balaban J connectivity index is 1.93. The molecule has 2 aromatic carbocycles. The molecule has 1 heterocycles. The molecule has 0 bridgehead atoms. The first-order chi connectivity index (χ1) is 11.5. The molecule has 3 rings (SSSR count). The molecule has 24 heavy (non-hydrogen) atoms. The van der Waals surface area contributed by atoms with Gasteiger partial charge in [0.1, 0.15) is 5.75 Å². The summed E-state index contributed by atoms with van der Waals surface area (Å²) in [5.41, 5.74) is 8.10. The quantitative estimate of drug-likeness (QED) is 0.746. The lowest BCUT2D eigenvalue weighted by Gasteiger charge is -2.08. The number of hydrogen-bond donors (Lipinski definition) is 1. The zero-order valence-electron chi connectivity index (χ0n) is 13.7. The van der Waals surface area contributed by atoms with E-state index >= 15 is 0 Å². The Hall–Kier alpha value is -3.02. The van der Waals surface area contributed by atoms with Gasteiger partial charge in [-0.05, 0) is 36.2 Å². The van der Waals surface area contributed by atoms with Crippen molar-refractivity contribution < 1.29 is 9.53 Å². The summed E-state index contributed by atoms with van der Waals surface area (Å²) in [7, 11) is 3.24. The summed E-state index contributed by atoms with van der Waals surface area (Å²) < 4.78 is 7.95. The molecule has 0 aliphatic carbocycles. The standard InChI is InChI=1S/C18H19N3O3/c1-20-14-9-8-13(19)11-15(14)21(18(20)23)17(22)10-7-12-5-3-4-6-16(12)24-2/h3-6,8-9,11H,7,10,19H2,1-2H3. The molecule has 0 atom stereocenters. The minimum absolute atomic E-state index is 0.203. The number of nitrogen functional groups attached to an aromatic ring is 1. The monoisotopic (exact) mass is 325 g/mol. The lowest BCUT2D eigenvalue weighted by atomic mass is 10.1. The van der Waals surface area contributed by atoms with Gasteiger partial charge in [0.2, 0.25) is 5.91 Å². The number of anilines is 1. The molecular weight excluding hydrogens is 306 g/mol. The normalized spacial score (nSPS) is 10.9. The van der Waals surface area contributed by atoms with Gasteiger partial charge in [-0.3, -0.25) is 9.36 Å². The zero-order valence-corrected chi connectivity index (χ0v) is 13.7. The molecule has 2 N–H and O–H groups in total. The van der Waals surface area contributed by atoms with E-state index in [1.165, 1.54) is 9.13 Å². The van der Waals surface area contributed by atoms with E-state index in [-0.39, 0.29) is 18.0 Å². The maximum Gasteiger partial charge on any atom is 0.335 e. The molecule has 0 amide bonds. The minimum atomic E-state index is -0.361. The Morgan fingerprint density at radius 1 is 1.17 bits per heavy atom. The molecule has 0 radical (unpaired) electrons. The van der Waals surface area contributed by atoms with Gasteiger partial charge >= 0.3 is 5.69 Å². The average Bonchev–Trinajstić information content (AvgIpc) is 2.83. The molecule has 0 fully saturated rings. The van der Waals surface area contributed by atoms with Crippen molar-refractivity contribution >= 4 is 22.6 Å². The van der Waals surface area contributed by atoms with E-state index in [2.05, 4.69) is 0 Å². The number of para-hydroxylation sites is 1. The van der Waals surface area contributed by atoms with Crippen molar-refractivity contribution in [1.29, 1.82) is 0 Å². The molecule has 6 nitrogen and oxygen atoms in total. The maximum absolute atomic E-state index is 12.6. The Bertz CT molecular complexity index is 969. The number of aromatic nitrogens is 2.